The summed E-state index contributed by atoms with van der Waals surface area (Å²) in [5, 5.41) is 12.1. The Bertz CT molecular complexity index is 925. The summed E-state index contributed by atoms with van der Waals surface area (Å²) in [6.07, 6.45) is 1.78. The third-order valence-corrected chi connectivity index (χ3v) is 5.02. The fourth-order valence-electron chi connectivity index (χ4n) is 2.48. The number of carbonyl (C=O) groups is 2. The average Bonchev–Trinajstić information content (AvgIpc) is 2.82. The fraction of sp³-hybridized carbons (Fsp3) is 0.105. The van der Waals surface area contributed by atoms with Gasteiger partial charge in [0.25, 0.3) is 5.91 Å². The normalized spacial score (nSPS) is 15.6. The first kappa shape index (κ1) is 18.2. The van der Waals surface area contributed by atoms with E-state index in [0.29, 0.717) is 14.9 Å². The van der Waals surface area contributed by atoms with Gasteiger partial charge in [-0.1, -0.05) is 59.9 Å². The van der Waals surface area contributed by atoms with E-state index in [9.17, 15) is 14.7 Å². The quantitative estimate of drug-likeness (QED) is 0.623. The lowest BCUT2D eigenvalue weighted by Gasteiger charge is -2.14. The highest BCUT2D eigenvalue weighted by molar-refractivity contribution is 8.26. The summed E-state index contributed by atoms with van der Waals surface area (Å²) in [4.78, 5) is 26.6. The highest BCUT2D eigenvalue weighted by atomic mass is 32.2. The number of anilines is 1. The van der Waals surface area contributed by atoms with Gasteiger partial charge in [-0.25, -0.2) is 0 Å². The second kappa shape index (κ2) is 7.72. The molecule has 0 unspecified atom stereocenters. The van der Waals surface area contributed by atoms with Crippen molar-refractivity contribution in [3.05, 3.63) is 64.6 Å². The van der Waals surface area contributed by atoms with E-state index in [1.807, 2.05) is 31.2 Å². The zero-order valence-electron chi connectivity index (χ0n) is 13.9. The molecule has 2 aromatic rings. The number of aromatic hydroxyl groups is 1. The molecule has 0 spiro atoms. The maximum atomic E-state index is 12.6. The molecule has 2 aromatic carbocycles. The number of nitrogens with one attached hydrogen (secondary N) is 1. The van der Waals surface area contributed by atoms with Crippen molar-refractivity contribution < 1.29 is 14.7 Å². The minimum Gasteiger partial charge on any atom is -0.508 e. The molecule has 1 heterocycles. The van der Waals surface area contributed by atoms with Crippen molar-refractivity contribution in [3.63, 3.8) is 0 Å². The van der Waals surface area contributed by atoms with Crippen molar-refractivity contribution in [2.75, 3.05) is 11.9 Å². The Morgan fingerprint density at radius 2 is 2.04 bits per heavy atom. The number of hydrogen-bond donors (Lipinski definition) is 2. The second-order valence-corrected chi connectivity index (χ2v) is 7.46. The summed E-state index contributed by atoms with van der Waals surface area (Å²) in [7, 11) is 0. The lowest BCUT2D eigenvalue weighted by Crippen LogP contribution is -2.36. The molecule has 26 heavy (non-hydrogen) atoms. The van der Waals surface area contributed by atoms with E-state index in [0.717, 1.165) is 11.1 Å². The SMILES string of the molecule is Cc1cccc(/C=C2\SC(=S)N(CC(=O)Nc3cccc(O)c3)C2=O)c1. The molecule has 2 amide bonds. The van der Waals surface area contributed by atoms with E-state index >= 15 is 0 Å². The van der Waals surface area contributed by atoms with Gasteiger partial charge in [-0.2, -0.15) is 0 Å². The summed E-state index contributed by atoms with van der Waals surface area (Å²) in [5.41, 5.74) is 2.46. The summed E-state index contributed by atoms with van der Waals surface area (Å²) in [6.45, 7) is 1.81. The molecule has 5 nitrogen and oxygen atoms in total. The number of thiocarbonyl (C=S) groups is 1. The summed E-state index contributed by atoms with van der Waals surface area (Å²) in [6, 6.07) is 14.0. The van der Waals surface area contributed by atoms with Gasteiger partial charge < -0.3 is 10.4 Å². The molecule has 0 atom stereocenters. The largest absolute Gasteiger partial charge is 0.508 e. The average molecular weight is 384 g/mol. The van der Waals surface area contributed by atoms with E-state index in [4.69, 9.17) is 12.2 Å². The van der Waals surface area contributed by atoms with Gasteiger partial charge in [0.05, 0.1) is 4.91 Å². The predicted octanol–water partition coefficient (Wildman–Crippen LogP) is 3.54. The lowest BCUT2D eigenvalue weighted by molar-refractivity contribution is -0.126. The first-order chi connectivity index (χ1) is 12.4. The molecule has 1 fully saturated rings. The molecule has 7 heteroatoms. The molecule has 0 saturated carbocycles. The number of thioether (sulfide) groups is 1. The van der Waals surface area contributed by atoms with Crippen LogP contribution < -0.4 is 5.32 Å². The number of benzene rings is 2. The van der Waals surface area contributed by atoms with Crippen molar-refractivity contribution in [2.24, 2.45) is 0 Å². The molecule has 2 N–H and O–H groups in total. The van der Waals surface area contributed by atoms with Crippen molar-refractivity contribution in [1.82, 2.24) is 4.90 Å². The van der Waals surface area contributed by atoms with Crippen LogP contribution in [0, 0.1) is 6.92 Å². The van der Waals surface area contributed by atoms with Gasteiger partial charge in [0, 0.05) is 11.8 Å². The van der Waals surface area contributed by atoms with E-state index in [-0.39, 0.29) is 24.1 Å². The zero-order chi connectivity index (χ0) is 18.7. The molecule has 0 aromatic heterocycles. The van der Waals surface area contributed by atoms with Crippen LogP contribution in [0.4, 0.5) is 5.69 Å². The molecule has 1 aliphatic heterocycles. The van der Waals surface area contributed by atoms with Crippen LogP contribution in [0.5, 0.6) is 5.75 Å². The van der Waals surface area contributed by atoms with Crippen molar-refractivity contribution in [3.8, 4) is 5.75 Å². The topological polar surface area (TPSA) is 69.6 Å². The number of phenols is 1. The van der Waals surface area contributed by atoms with Crippen LogP contribution in [0.1, 0.15) is 11.1 Å². The maximum Gasteiger partial charge on any atom is 0.266 e. The highest BCUT2D eigenvalue weighted by Gasteiger charge is 2.33. The van der Waals surface area contributed by atoms with Crippen LogP contribution in [-0.4, -0.2) is 32.7 Å². The van der Waals surface area contributed by atoms with E-state index in [1.54, 1.807) is 18.2 Å². The number of phenolic OH excluding ortho intramolecular Hbond substituents is 1. The number of rotatable bonds is 4. The Balaban J connectivity index is 1.70. The maximum absolute atomic E-state index is 12.6. The van der Waals surface area contributed by atoms with Gasteiger partial charge in [0.15, 0.2) is 0 Å². The molecule has 132 valence electrons. The van der Waals surface area contributed by atoms with Crippen LogP contribution >= 0.6 is 24.0 Å². The minimum atomic E-state index is -0.385. The van der Waals surface area contributed by atoms with Crippen LogP contribution in [0.2, 0.25) is 0 Å². The number of hydrogen-bond acceptors (Lipinski definition) is 5. The number of carbonyl (C=O) groups excluding carboxylic acids is 2. The molecule has 0 bridgehead atoms. The number of aryl methyl sites for hydroxylation is 1. The molecular formula is C19H16N2O3S2. The molecular weight excluding hydrogens is 368 g/mol. The summed E-state index contributed by atoms with van der Waals surface area (Å²) in [5.74, 6) is -0.620. The van der Waals surface area contributed by atoms with Crippen molar-refractivity contribution in [1.29, 1.82) is 0 Å². The minimum absolute atomic E-state index is 0.0505. The van der Waals surface area contributed by atoms with Gasteiger partial charge in [-0.05, 0) is 30.7 Å². The van der Waals surface area contributed by atoms with Gasteiger partial charge in [0.2, 0.25) is 5.91 Å². The molecule has 1 aliphatic rings. The number of nitrogens with zero attached hydrogens (tertiary/aromatic N) is 1. The van der Waals surface area contributed by atoms with Gasteiger partial charge >= 0.3 is 0 Å². The van der Waals surface area contributed by atoms with Crippen LogP contribution in [-0.2, 0) is 9.59 Å². The first-order valence-corrected chi connectivity index (χ1v) is 9.06. The molecule has 3 rings (SSSR count). The third kappa shape index (κ3) is 4.30. The Kier molecular flexibility index (Phi) is 5.39. The Hall–Kier alpha value is -2.64. The Labute approximate surface area is 160 Å². The standard InChI is InChI=1S/C19H16N2O3S2/c1-12-4-2-5-13(8-12)9-16-18(24)21(19(25)26-16)11-17(23)20-14-6-3-7-15(22)10-14/h2-10,22H,11H2,1H3,(H,20,23)/b16-9-. The third-order valence-electron chi connectivity index (χ3n) is 3.65. The van der Waals surface area contributed by atoms with Crippen molar-refractivity contribution in [2.45, 2.75) is 6.92 Å². The molecule has 0 radical (unpaired) electrons. The van der Waals surface area contributed by atoms with Gasteiger partial charge in [-0.15, -0.1) is 0 Å². The first-order valence-electron chi connectivity index (χ1n) is 7.83. The fourth-order valence-corrected chi connectivity index (χ4v) is 3.73. The van der Waals surface area contributed by atoms with Crippen LogP contribution in [0.3, 0.4) is 0 Å². The van der Waals surface area contributed by atoms with E-state index < -0.39 is 0 Å². The van der Waals surface area contributed by atoms with Gasteiger partial charge in [0.1, 0.15) is 16.6 Å². The monoisotopic (exact) mass is 384 g/mol. The molecule has 0 aliphatic carbocycles. The smallest absolute Gasteiger partial charge is 0.266 e. The van der Waals surface area contributed by atoms with E-state index in [2.05, 4.69) is 5.32 Å². The summed E-state index contributed by atoms with van der Waals surface area (Å²) >= 11 is 6.43. The zero-order valence-corrected chi connectivity index (χ0v) is 15.6. The van der Waals surface area contributed by atoms with Crippen LogP contribution in [0.25, 0.3) is 6.08 Å². The number of amides is 2. The lowest BCUT2D eigenvalue weighted by atomic mass is 10.1. The predicted molar refractivity (Wildman–Crippen MR) is 108 cm³/mol. The van der Waals surface area contributed by atoms with Gasteiger partial charge in [-0.3, -0.25) is 14.5 Å². The highest BCUT2D eigenvalue weighted by Crippen LogP contribution is 2.32. The molecule has 1 saturated heterocycles. The summed E-state index contributed by atoms with van der Waals surface area (Å²) < 4.78 is 0.347. The van der Waals surface area contributed by atoms with Crippen molar-refractivity contribution >= 4 is 51.9 Å². The van der Waals surface area contributed by atoms with E-state index in [1.165, 1.54) is 28.8 Å². The Morgan fingerprint density at radius 1 is 1.27 bits per heavy atom. The second-order valence-electron chi connectivity index (χ2n) is 5.78. The Morgan fingerprint density at radius 3 is 2.77 bits per heavy atom. The van der Waals surface area contributed by atoms with Crippen LogP contribution in [0.15, 0.2) is 53.4 Å².